The van der Waals surface area contributed by atoms with Crippen LogP contribution in [0.5, 0.6) is 5.88 Å². The lowest BCUT2D eigenvalue weighted by molar-refractivity contribution is 0.0992. The summed E-state index contributed by atoms with van der Waals surface area (Å²) in [6.07, 6.45) is 0. The highest BCUT2D eigenvalue weighted by Crippen LogP contribution is 2.17. The first-order chi connectivity index (χ1) is 9.43. The number of nitrogens with zero attached hydrogens (tertiary/aromatic N) is 2. The third-order valence-corrected chi connectivity index (χ3v) is 2.49. The van der Waals surface area contributed by atoms with Gasteiger partial charge in [0.05, 0.1) is 18.9 Å². The number of benzene rings is 1. The third-order valence-electron chi connectivity index (χ3n) is 2.49. The van der Waals surface area contributed by atoms with E-state index in [1.165, 1.54) is 13.2 Å². The van der Waals surface area contributed by atoms with Crippen molar-refractivity contribution in [3.8, 4) is 11.6 Å². The summed E-state index contributed by atoms with van der Waals surface area (Å²) in [7, 11) is 1.26. The summed E-state index contributed by atoms with van der Waals surface area (Å²) in [6, 6.07) is 3.92. The Kier molecular flexibility index (Phi) is 3.47. The van der Waals surface area contributed by atoms with Gasteiger partial charge in [0.15, 0.2) is 17.3 Å². The van der Waals surface area contributed by atoms with Crippen molar-refractivity contribution >= 4 is 5.91 Å². The second-order valence-electron chi connectivity index (χ2n) is 3.77. The summed E-state index contributed by atoms with van der Waals surface area (Å²) in [5, 5.41) is 3.70. The van der Waals surface area contributed by atoms with Crippen molar-refractivity contribution in [1.82, 2.24) is 9.78 Å². The molecule has 2 aromatic rings. The molecular weight excluding hydrogens is 272 g/mol. The van der Waals surface area contributed by atoms with Crippen molar-refractivity contribution in [3.05, 3.63) is 51.8 Å². The number of methoxy groups -OCH3 is 1. The van der Waals surface area contributed by atoms with E-state index in [0.29, 0.717) is 0 Å². The second kappa shape index (κ2) is 5.08. The van der Waals surface area contributed by atoms with E-state index in [0.717, 1.165) is 22.9 Å². The summed E-state index contributed by atoms with van der Waals surface area (Å²) in [4.78, 5) is 22.7. The van der Waals surface area contributed by atoms with Gasteiger partial charge in [0.25, 0.3) is 5.91 Å². The minimum atomic E-state index is -1.11. The number of rotatable bonds is 3. The Hall–Kier alpha value is -2.77. The van der Waals surface area contributed by atoms with Crippen LogP contribution in [0.2, 0.25) is 0 Å². The monoisotopic (exact) mass is 281 g/mol. The Labute approximate surface area is 111 Å². The highest BCUT2D eigenvalue weighted by molar-refractivity contribution is 5.90. The predicted molar refractivity (Wildman–Crippen MR) is 64.8 cm³/mol. The average Bonchev–Trinajstić information content (AvgIpc) is 2.41. The van der Waals surface area contributed by atoms with Gasteiger partial charge in [0.1, 0.15) is 0 Å². The van der Waals surface area contributed by atoms with Crippen LogP contribution in [0.1, 0.15) is 10.5 Å². The number of ether oxygens (including phenoxy) is 1. The van der Waals surface area contributed by atoms with E-state index in [2.05, 4.69) is 5.10 Å². The van der Waals surface area contributed by atoms with Crippen LogP contribution in [-0.4, -0.2) is 22.8 Å². The maximum absolute atomic E-state index is 13.2. The number of carbonyl (C=O) groups excluding carboxylic acids is 1. The zero-order valence-electron chi connectivity index (χ0n) is 10.3. The van der Waals surface area contributed by atoms with Crippen LogP contribution >= 0.6 is 0 Å². The molecule has 6 nitrogen and oxygen atoms in total. The van der Waals surface area contributed by atoms with E-state index in [-0.39, 0.29) is 11.6 Å². The fourth-order valence-electron chi connectivity index (χ4n) is 1.56. The normalized spacial score (nSPS) is 10.3. The Morgan fingerprint density at radius 3 is 2.55 bits per heavy atom. The molecule has 0 spiro atoms. The van der Waals surface area contributed by atoms with Crippen molar-refractivity contribution < 1.29 is 18.3 Å². The molecular formula is C12H9F2N3O3. The molecule has 20 heavy (non-hydrogen) atoms. The number of carbonyl (C=O) groups is 1. The molecule has 0 saturated heterocycles. The second-order valence-corrected chi connectivity index (χ2v) is 3.77. The van der Waals surface area contributed by atoms with Gasteiger partial charge in [-0.15, -0.1) is 0 Å². The molecule has 1 aromatic carbocycles. The number of primary amides is 1. The highest BCUT2D eigenvalue weighted by Gasteiger charge is 2.15. The number of amides is 1. The van der Waals surface area contributed by atoms with Crippen LogP contribution in [-0.2, 0) is 0 Å². The van der Waals surface area contributed by atoms with Crippen molar-refractivity contribution in [3.63, 3.8) is 0 Å². The van der Waals surface area contributed by atoms with E-state index in [4.69, 9.17) is 10.5 Å². The first-order valence-electron chi connectivity index (χ1n) is 5.37. The Bertz CT molecular complexity index is 743. The molecule has 2 N–H and O–H groups in total. The summed E-state index contributed by atoms with van der Waals surface area (Å²) in [5.41, 5.74) is 3.83. The number of halogens is 2. The molecule has 0 atom stereocenters. The molecule has 0 radical (unpaired) electrons. The molecule has 0 aliphatic heterocycles. The van der Waals surface area contributed by atoms with E-state index in [1.54, 1.807) is 0 Å². The molecule has 0 bridgehead atoms. The van der Waals surface area contributed by atoms with Crippen molar-refractivity contribution in [2.75, 3.05) is 7.11 Å². The minimum absolute atomic E-state index is 0.0500. The summed E-state index contributed by atoms with van der Waals surface area (Å²) >= 11 is 0. The molecule has 0 aliphatic carbocycles. The van der Waals surface area contributed by atoms with Crippen molar-refractivity contribution in [1.29, 1.82) is 0 Å². The first kappa shape index (κ1) is 13.7. The van der Waals surface area contributed by atoms with Gasteiger partial charge in [-0.25, -0.2) is 13.5 Å². The van der Waals surface area contributed by atoms with E-state index in [9.17, 15) is 18.4 Å². The average molecular weight is 281 g/mol. The molecule has 104 valence electrons. The fourth-order valence-corrected chi connectivity index (χ4v) is 1.56. The van der Waals surface area contributed by atoms with E-state index < -0.39 is 28.7 Å². The van der Waals surface area contributed by atoms with Gasteiger partial charge in [-0.3, -0.25) is 9.59 Å². The van der Waals surface area contributed by atoms with Crippen LogP contribution in [0, 0.1) is 11.6 Å². The predicted octanol–water partition coefficient (Wildman–Crippen LogP) is 0.618. The molecule has 0 saturated carbocycles. The molecule has 1 amide bonds. The third kappa shape index (κ3) is 2.35. The zero-order valence-corrected chi connectivity index (χ0v) is 10.3. The quantitative estimate of drug-likeness (QED) is 0.893. The summed E-state index contributed by atoms with van der Waals surface area (Å²) < 4.78 is 32.0. The van der Waals surface area contributed by atoms with Crippen LogP contribution in [0.25, 0.3) is 5.69 Å². The van der Waals surface area contributed by atoms with Gasteiger partial charge in [-0.05, 0) is 12.1 Å². The van der Waals surface area contributed by atoms with Gasteiger partial charge in [-0.2, -0.15) is 5.10 Å². The SMILES string of the molecule is COc1cc(=O)c(C(N)=O)nn1-c1ccc(F)c(F)c1. The molecule has 0 unspecified atom stereocenters. The highest BCUT2D eigenvalue weighted by atomic mass is 19.2. The van der Waals surface area contributed by atoms with Gasteiger partial charge in [0.2, 0.25) is 11.3 Å². The summed E-state index contributed by atoms with van der Waals surface area (Å²) in [5.74, 6) is -3.23. The largest absolute Gasteiger partial charge is 0.481 e. The van der Waals surface area contributed by atoms with Crippen LogP contribution in [0.4, 0.5) is 8.78 Å². The maximum atomic E-state index is 13.2. The minimum Gasteiger partial charge on any atom is -0.481 e. The molecule has 0 aliphatic rings. The molecule has 1 heterocycles. The fraction of sp³-hybridized carbons (Fsp3) is 0.0833. The number of nitrogens with two attached hydrogens (primary N) is 1. The Morgan fingerprint density at radius 1 is 1.30 bits per heavy atom. The molecule has 8 heteroatoms. The first-order valence-corrected chi connectivity index (χ1v) is 5.37. The van der Waals surface area contributed by atoms with E-state index >= 15 is 0 Å². The molecule has 0 fully saturated rings. The molecule has 1 aromatic heterocycles. The number of hydrogen-bond acceptors (Lipinski definition) is 4. The van der Waals surface area contributed by atoms with E-state index in [1.807, 2.05) is 0 Å². The topological polar surface area (TPSA) is 87.2 Å². The van der Waals surface area contributed by atoms with Gasteiger partial charge >= 0.3 is 0 Å². The van der Waals surface area contributed by atoms with Gasteiger partial charge in [0, 0.05) is 6.07 Å². The van der Waals surface area contributed by atoms with Crippen molar-refractivity contribution in [2.24, 2.45) is 5.73 Å². The van der Waals surface area contributed by atoms with Crippen LogP contribution in [0.15, 0.2) is 29.1 Å². The standard InChI is InChI=1S/C12H9F2N3O3/c1-20-10-5-9(18)11(12(15)19)16-17(10)6-2-3-7(13)8(14)4-6/h2-5H,1H3,(H2,15,19). The summed E-state index contributed by atoms with van der Waals surface area (Å²) in [6.45, 7) is 0. The lowest BCUT2D eigenvalue weighted by atomic mass is 10.3. The van der Waals surface area contributed by atoms with Crippen LogP contribution in [0.3, 0.4) is 0 Å². The number of aromatic nitrogens is 2. The van der Waals surface area contributed by atoms with Gasteiger partial charge < -0.3 is 10.5 Å². The zero-order chi connectivity index (χ0) is 14.9. The lowest BCUT2D eigenvalue weighted by Gasteiger charge is -2.11. The van der Waals surface area contributed by atoms with Gasteiger partial charge in [-0.1, -0.05) is 0 Å². The smallest absolute Gasteiger partial charge is 0.273 e. The van der Waals surface area contributed by atoms with Crippen molar-refractivity contribution in [2.45, 2.75) is 0 Å². The Balaban J connectivity index is 2.71. The van der Waals surface area contributed by atoms with Crippen LogP contribution < -0.4 is 15.9 Å². The maximum Gasteiger partial charge on any atom is 0.273 e. The Morgan fingerprint density at radius 2 is 2.00 bits per heavy atom. The number of hydrogen-bond donors (Lipinski definition) is 1. The lowest BCUT2D eigenvalue weighted by Crippen LogP contribution is -2.26. The molecule has 2 rings (SSSR count).